The Morgan fingerprint density at radius 3 is 1.70 bits per heavy atom. The third-order valence-electron chi connectivity index (χ3n) is 12.1. The zero-order valence-corrected chi connectivity index (χ0v) is 31.9. The van der Waals surface area contributed by atoms with E-state index in [4.69, 9.17) is 4.42 Å². The van der Waals surface area contributed by atoms with Crippen molar-refractivity contribution >= 4 is 49.8 Å². The van der Waals surface area contributed by atoms with Gasteiger partial charge in [-0.15, -0.1) is 0 Å². The van der Waals surface area contributed by atoms with Crippen LogP contribution >= 0.6 is 0 Å². The quantitative estimate of drug-likeness (QED) is 0.169. The summed E-state index contributed by atoms with van der Waals surface area (Å²) >= 11 is 0. The van der Waals surface area contributed by atoms with Gasteiger partial charge >= 0.3 is 0 Å². The second-order valence-corrected chi connectivity index (χ2v) is 15.6. The molecule has 0 atom stereocenters. The summed E-state index contributed by atoms with van der Waals surface area (Å²) in [5.41, 5.74) is 17.1. The molecule has 10 aromatic rings. The van der Waals surface area contributed by atoms with Gasteiger partial charge in [-0.05, 0) is 68.4 Å². The maximum absolute atomic E-state index is 6.71. The van der Waals surface area contributed by atoms with Crippen molar-refractivity contribution in [2.75, 3.05) is 4.90 Å². The highest BCUT2D eigenvalue weighted by Crippen LogP contribution is 2.56. The van der Waals surface area contributed by atoms with E-state index in [1.807, 2.05) is 6.07 Å². The van der Waals surface area contributed by atoms with Gasteiger partial charge in [-0.2, -0.15) is 0 Å². The number of nitrogens with zero attached hydrogens (tertiary/aromatic N) is 1. The van der Waals surface area contributed by atoms with E-state index in [1.165, 1.54) is 49.7 Å². The molecule has 0 N–H and O–H groups in total. The van der Waals surface area contributed by atoms with Crippen molar-refractivity contribution in [1.82, 2.24) is 0 Å². The predicted octanol–water partition coefficient (Wildman–Crippen LogP) is 15.5. The lowest BCUT2D eigenvalue weighted by Crippen LogP contribution is -2.16. The van der Waals surface area contributed by atoms with Crippen LogP contribution in [0.15, 0.2) is 205 Å². The highest BCUT2D eigenvalue weighted by Gasteiger charge is 2.38. The molecule has 0 spiro atoms. The lowest BCUT2D eigenvalue weighted by molar-refractivity contribution is 0.660. The number of rotatable bonds is 6. The minimum atomic E-state index is -0.160. The van der Waals surface area contributed by atoms with E-state index in [-0.39, 0.29) is 5.41 Å². The van der Waals surface area contributed by atoms with E-state index in [2.05, 4.69) is 213 Å². The molecule has 1 heterocycles. The van der Waals surface area contributed by atoms with Crippen LogP contribution in [0, 0.1) is 0 Å². The van der Waals surface area contributed by atoms with Crippen LogP contribution in [0.5, 0.6) is 0 Å². The standard InChI is InChI=1S/C55H39NO/c1-55(2)46-30-10-6-25-45(46)53-47(55)31-17-34-50(53)56(49-33-12-8-23-40(49)43-28-16-29-44-41-24-9-13-35-51(41)57-54(43)44)48-32-11-7-22-39(48)42-27-15-21-37-20-14-26-38(52(37)42)36-18-4-3-5-19-36/h3-35H,1-2H3. The molecule has 0 radical (unpaired) electrons. The summed E-state index contributed by atoms with van der Waals surface area (Å²) in [6.45, 7) is 4.72. The Kier molecular flexibility index (Phi) is 7.55. The van der Waals surface area contributed by atoms with Crippen LogP contribution < -0.4 is 4.90 Å². The smallest absolute Gasteiger partial charge is 0.143 e. The molecule has 0 fully saturated rings. The van der Waals surface area contributed by atoms with E-state index in [0.717, 1.165) is 55.7 Å². The van der Waals surface area contributed by atoms with Crippen LogP contribution in [-0.2, 0) is 5.41 Å². The van der Waals surface area contributed by atoms with Crippen molar-refractivity contribution in [3.05, 3.63) is 211 Å². The molecule has 0 aliphatic heterocycles. The number of para-hydroxylation sites is 4. The first-order valence-electron chi connectivity index (χ1n) is 19.8. The maximum atomic E-state index is 6.71. The molecule has 2 heteroatoms. The Morgan fingerprint density at radius 1 is 0.386 bits per heavy atom. The molecule has 1 aliphatic rings. The molecule has 0 unspecified atom stereocenters. The van der Waals surface area contributed by atoms with Crippen LogP contribution in [0.1, 0.15) is 25.0 Å². The molecule has 2 nitrogen and oxygen atoms in total. The minimum absolute atomic E-state index is 0.160. The van der Waals surface area contributed by atoms with Crippen molar-refractivity contribution in [3.63, 3.8) is 0 Å². The summed E-state index contributed by atoms with van der Waals surface area (Å²) in [6, 6.07) is 72.7. The Hall–Kier alpha value is -7.16. The fraction of sp³-hybridized carbons (Fsp3) is 0.0545. The Labute approximate surface area is 332 Å². The zero-order chi connectivity index (χ0) is 38.1. The van der Waals surface area contributed by atoms with Crippen LogP contribution in [-0.4, -0.2) is 0 Å². The van der Waals surface area contributed by atoms with Crippen molar-refractivity contribution in [2.45, 2.75) is 19.3 Å². The number of hydrogen-bond donors (Lipinski definition) is 0. The molecule has 0 amide bonds. The van der Waals surface area contributed by atoms with Gasteiger partial charge in [-0.1, -0.05) is 190 Å². The van der Waals surface area contributed by atoms with E-state index in [1.54, 1.807) is 0 Å². The number of anilines is 3. The third kappa shape index (κ3) is 5.11. The maximum Gasteiger partial charge on any atom is 0.143 e. The SMILES string of the molecule is CC1(C)c2ccccc2-c2c(N(c3ccccc3-c3cccc4c3oc3ccccc34)c3ccccc3-c3cccc4cccc(-c5ccccc5)c34)cccc21. The predicted molar refractivity (Wildman–Crippen MR) is 240 cm³/mol. The van der Waals surface area contributed by atoms with Crippen molar-refractivity contribution in [3.8, 4) is 44.5 Å². The van der Waals surface area contributed by atoms with Gasteiger partial charge in [0.1, 0.15) is 11.2 Å². The summed E-state index contributed by atoms with van der Waals surface area (Å²) in [6.07, 6.45) is 0. The molecular formula is C55H39NO. The summed E-state index contributed by atoms with van der Waals surface area (Å²) < 4.78 is 6.71. The first kappa shape index (κ1) is 33.2. The van der Waals surface area contributed by atoms with Gasteiger partial charge in [-0.25, -0.2) is 0 Å². The van der Waals surface area contributed by atoms with Crippen LogP contribution in [0.3, 0.4) is 0 Å². The Morgan fingerprint density at radius 2 is 0.912 bits per heavy atom. The van der Waals surface area contributed by atoms with Gasteiger partial charge in [0.2, 0.25) is 0 Å². The minimum Gasteiger partial charge on any atom is -0.455 e. The van der Waals surface area contributed by atoms with Crippen LogP contribution in [0.4, 0.5) is 17.1 Å². The lowest BCUT2D eigenvalue weighted by Gasteiger charge is -2.32. The largest absolute Gasteiger partial charge is 0.455 e. The average Bonchev–Trinajstić information content (AvgIpc) is 3.76. The Balaban J connectivity index is 1.24. The number of fused-ring (bicyclic) bond motifs is 7. The third-order valence-corrected chi connectivity index (χ3v) is 12.1. The first-order valence-corrected chi connectivity index (χ1v) is 19.8. The lowest BCUT2D eigenvalue weighted by atomic mass is 9.82. The van der Waals surface area contributed by atoms with Crippen LogP contribution in [0.2, 0.25) is 0 Å². The highest BCUT2D eigenvalue weighted by atomic mass is 16.3. The van der Waals surface area contributed by atoms with Crippen molar-refractivity contribution < 1.29 is 4.42 Å². The normalized spacial score (nSPS) is 12.9. The first-order chi connectivity index (χ1) is 28.1. The van der Waals surface area contributed by atoms with Gasteiger partial charge in [0.05, 0.1) is 17.1 Å². The van der Waals surface area contributed by atoms with Gasteiger partial charge in [0, 0.05) is 38.4 Å². The number of hydrogen-bond acceptors (Lipinski definition) is 2. The second kappa shape index (κ2) is 13.0. The summed E-state index contributed by atoms with van der Waals surface area (Å²) in [7, 11) is 0. The van der Waals surface area contributed by atoms with Gasteiger partial charge in [0.25, 0.3) is 0 Å². The van der Waals surface area contributed by atoms with E-state index in [9.17, 15) is 0 Å². The molecular weight excluding hydrogens is 691 g/mol. The molecule has 270 valence electrons. The fourth-order valence-electron chi connectivity index (χ4n) is 9.49. The molecule has 1 aromatic heterocycles. The summed E-state index contributed by atoms with van der Waals surface area (Å²) in [4.78, 5) is 2.52. The molecule has 11 rings (SSSR count). The highest BCUT2D eigenvalue weighted by molar-refractivity contribution is 6.13. The molecule has 9 aromatic carbocycles. The summed E-state index contributed by atoms with van der Waals surface area (Å²) in [5, 5.41) is 4.69. The van der Waals surface area contributed by atoms with Gasteiger partial charge < -0.3 is 9.32 Å². The average molecular weight is 730 g/mol. The monoisotopic (exact) mass is 729 g/mol. The molecule has 1 aliphatic carbocycles. The van der Waals surface area contributed by atoms with E-state index >= 15 is 0 Å². The van der Waals surface area contributed by atoms with Crippen molar-refractivity contribution in [1.29, 1.82) is 0 Å². The topological polar surface area (TPSA) is 16.4 Å². The molecule has 0 saturated carbocycles. The molecule has 0 bridgehead atoms. The Bertz CT molecular complexity index is 3160. The van der Waals surface area contributed by atoms with Crippen molar-refractivity contribution in [2.24, 2.45) is 0 Å². The number of benzene rings is 9. The van der Waals surface area contributed by atoms with Crippen LogP contribution in [0.25, 0.3) is 77.2 Å². The molecule has 57 heavy (non-hydrogen) atoms. The number of furan rings is 1. The van der Waals surface area contributed by atoms with E-state index in [0.29, 0.717) is 0 Å². The van der Waals surface area contributed by atoms with Gasteiger partial charge in [0.15, 0.2) is 0 Å². The summed E-state index contributed by atoms with van der Waals surface area (Å²) in [5.74, 6) is 0. The fourth-order valence-corrected chi connectivity index (χ4v) is 9.49. The zero-order valence-electron chi connectivity index (χ0n) is 31.9. The van der Waals surface area contributed by atoms with Gasteiger partial charge in [-0.3, -0.25) is 0 Å². The molecule has 0 saturated heterocycles. The van der Waals surface area contributed by atoms with E-state index < -0.39 is 0 Å². The second-order valence-electron chi connectivity index (χ2n) is 15.6.